The second-order valence-corrected chi connectivity index (χ2v) is 11.0. The molecule has 2 saturated heterocycles. The van der Waals surface area contributed by atoms with E-state index in [0.717, 1.165) is 39.0 Å². The summed E-state index contributed by atoms with van der Waals surface area (Å²) < 4.78 is 11.4. The molecule has 1 aromatic carbocycles. The Morgan fingerprint density at radius 3 is 2.60 bits per heavy atom. The molecule has 6 radical (unpaired) electrons. The molecule has 210 valence electrons. The number of methoxy groups -OCH3 is 1. The van der Waals surface area contributed by atoms with Crippen LogP contribution in [0.1, 0.15) is 29.2 Å². The van der Waals surface area contributed by atoms with Crippen LogP contribution < -0.4 is 26.0 Å². The summed E-state index contributed by atoms with van der Waals surface area (Å²) in [4.78, 5) is 32.2. The lowest BCUT2D eigenvalue weighted by Crippen LogP contribution is -2.50. The average molecular weight is 563 g/mol. The summed E-state index contributed by atoms with van der Waals surface area (Å²) in [6.45, 7) is 4.70. The van der Waals surface area contributed by atoms with Crippen molar-refractivity contribution in [2.45, 2.75) is 24.6 Å². The van der Waals surface area contributed by atoms with Gasteiger partial charge < -0.3 is 30.5 Å². The number of nitrogens with one attached hydrogen (secondary N) is 4. The van der Waals surface area contributed by atoms with E-state index in [0.29, 0.717) is 41.2 Å². The summed E-state index contributed by atoms with van der Waals surface area (Å²) in [6, 6.07) is 6.78. The predicted octanol–water partition coefficient (Wildman–Crippen LogP) is 0.125. The zero-order valence-corrected chi connectivity index (χ0v) is 23.1. The first-order valence-electron chi connectivity index (χ1n) is 13.7. The van der Waals surface area contributed by atoms with Crippen LogP contribution in [0.15, 0.2) is 28.8 Å². The van der Waals surface area contributed by atoms with E-state index in [9.17, 15) is 9.59 Å². The second kappa shape index (κ2) is 11.4. The third kappa shape index (κ3) is 6.29. The maximum Gasteiger partial charge on any atom is 0.272 e. The lowest BCUT2D eigenvalue weighted by Gasteiger charge is -2.23. The maximum absolute atomic E-state index is 12.9. The van der Waals surface area contributed by atoms with Crippen LogP contribution in [0.4, 0.5) is 17.2 Å². The van der Waals surface area contributed by atoms with Gasteiger partial charge in [0.25, 0.3) is 11.8 Å². The number of ether oxygens (including phenoxy) is 1. The van der Waals surface area contributed by atoms with E-state index < -0.39 is 11.1 Å². The Bertz CT molecular complexity index is 1480. The molecule has 1 aliphatic carbocycles. The molecule has 4 heterocycles. The highest BCUT2D eigenvalue weighted by Gasteiger charge is 2.36. The number of nitrogens with zero attached hydrogens (tertiary/aromatic N) is 5. The fourth-order valence-corrected chi connectivity index (χ4v) is 5.42. The Hall–Kier alpha value is -3.91. The third-order valence-electron chi connectivity index (χ3n) is 7.56. The Balaban J connectivity index is 1.26. The van der Waals surface area contributed by atoms with Gasteiger partial charge in [0.1, 0.15) is 0 Å². The molecule has 3 aliphatic rings. The van der Waals surface area contributed by atoms with E-state index in [4.69, 9.17) is 32.8 Å². The molecule has 6 rings (SSSR count). The van der Waals surface area contributed by atoms with Crippen LogP contribution in [0.5, 0.6) is 5.75 Å². The Labute approximate surface area is 246 Å². The summed E-state index contributed by atoms with van der Waals surface area (Å²) in [5.74, 6) is 1.72. The molecule has 42 heavy (non-hydrogen) atoms. The van der Waals surface area contributed by atoms with Gasteiger partial charge in [-0.15, -0.1) is 10.2 Å². The fraction of sp³-hybridized carbons (Fsp3) is 0.462. The molecule has 2 aromatic heterocycles. The molecule has 13 nitrogen and oxygen atoms in total. The first kappa shape index (κ1) is 28.2. The monoisotopic (exact) mass is 563 g/mol. The summed E-state index contributed by atoms with van der Waals surface area (Å²) >= 11 is 0. The van der Waals surface area contributed by atoms with Gasteiger partial charge in [0.15, 0.2) is 23.1 Å². The zero-order valence-electron chi connectivity index (χ0n) is 23.1. The molecule has 3 fully saturated rings. The molecule has 3 aromatic rings. The molecular weight excluding hydrogens is 535 g/mol. The van der Waals surface area contributed by atoms with Crippen LogP contribution in [-0.4, -0.2) is 99.1 Å². The lowest BCUT2D eigenvalue weighted by molar-refractivity contribution is -0.117. The van der Waals surface area contributed by atoms with E-state index in [1.165, 1.54) is 13.2 Å². The van der Waals surface area contributed by atoms with Crippen molar-refractivity contribution in [2.24, 2.45) is 17.8 Å². The van der Waals surface area contributed by atoms with Crippen molar-refractivity contribution < 1.29 is 18.8 Å². The first-order chi connectivity index (χ1) is 20.2. The number of carbonyl (C=O) groups excluding carboxylic acids is 2. The number of amides is 2. The lowest BCUT2D eigenvalue weighted by atomic mass is 9.49. The topological polar surface area (TPSA) is 159 Å². The van der Waals surface area contributed by atoms with Gasteiger partial charge >= 0.3 is 0 Å². The van der Waals surface area contributed by atoms with Crippen molar-refractivity contribution in [3.05, 3.63) is 35.8 Å². The van der Waals surface area contributed by atoms with Crippen LogP contribution in [0, 0.1) is 17.8 Å². The summed E-state index contributed by atoms with van der Waals surface area (Å²) in [5.41, 5.74) is 1.02. The Morgan fingerprint density at radius 1 is 1.14 bits per heavy atom. The standard InChI is InChI=1S/C26H28B3N9O4/c1-41-22-16(25-33-20(37-42-25)12-38-10-14-8-30-9-15(14)11-38)3-2-4-17(22)31-18-7-19(32-23(39)13-5-6-13)35-36-21(18)24(40)34-26(27,28)29/h2-4,7,13-15,30H,5-6,8-12H2,1H3,(H,34,40)(H2,31,32,35,39). The minimum Gasteiger partial charge on any atom is -0.494 e. The van der Waals surface area contributed by atoms with Crippen LogP contribution in [0.3, 0.4) is 0 Å². The highest BCUT2D eigenvalue weighted by atomic mass is 16.5. The van der Waals surface area contributed by atoms with Gasteiger partial charge in [0.2, 0.25) is 5.91 Å². The van der Waals surface area contributed by atoms with E-state index in [1.807, 2.05) is 0 Å². The number of para-hydroxylation sites is 1. The molecular formula is C26H28B3N9O4. The number of likely N-dealkylation sites (tertiary alicyclic amines) is 1. The van der Waals surface area contributed by atoms with Crippen LogP contribution in [-0.2, 0) is 11.3 Å². The Kier molecular flexibility index (Phi) is 7.66. The van der Waals surface area contributed by atoms with E-state index in [2.05, 4.69) is 46.5 Å². The van der Waals surface area contributed by atoms with Crippen LogP contribution >= 0.6 is 0 Å². The highest BCUT2D eigenvalue weighted by molar-refractivity contribution is 6.60. The predicted molar refractivity (Wildman–Crippen MR) is 156 cm³/mol. The van der Waals surface area contributed by atoms with Gasteiger partial charge in [-0.2, -0.15) is 4.98 Å². The summed E-state index contributed by atoms with van der Waals surface area (Å²) in [5, 5.41) is 21.8. The van der Waals surface area contributed by atoms with Crippen molar-refractivity contribution in [3.63, 3.8) is 0 Å². The molecule has 2 aliphatic heterocycles. The van der Waals surface area contributed by atoms with E-state index in [-0.39, 0.29) is 34.9 Å². The van der Waals surface area contributed by atoms with Crippen molar-refractivity contribution in [1.29, 1.82) is 0 Å². The van der Waals surface area contributed by atoms with Crippen LogP contribution in [0.25, 0.3) is 11.5 Å². The van der Waals surface area contributed by atoms with Crippen molar-refractivity contribution in [2.75, 3.05) is 43.9 Å². The summed E-state index contributed by atoms with van der Waals surface area (Å²) in [6.07, 6.45) is 1.63. The van der Waals surface area contributed by atoms with Gasteiger partial charge in [-0.05, 0) is 49.9 Å². The van der Waals surface area contributed by atoms with Gasteiger partial charge in [-0.25, -0.2) is 0 Å². The molecule has 16 heteroatoms. The minimum absolute atomic E-state index is 0.0586. The maximum atomic E-state index is 12.9. The molecule has 4 N–H and O–H groups in total. The molecule has 1 saturated carbocycles. The normalized spacial score (nSPS) is 20.2. The number of rotatable bonds is 10. The number of aromatic nitrogens is 4. The minimum atomic E-state index is -1.99. The average Bonchev–Trinajstić information content (AvgIpc) is 3.35. The van der Waals surface area contributed by atoms with Gasteiger partial charge in [-0.1, -0.05) is 16.5 Å². The van der Waals surface area contributed by atoms with E-state index >= 15 is 0 Å². The summed E-state index contributed by atoms with van der Waals surface area (Å²) in [7, 11) is 18.2. The fourth-order valence-electron chi connectivity index (χ4n) is 5.42. The first-order valence-corrected chi connectivity index (χ1v) is 13.7. The molecule has 2 amide bonds. The van der Waals surface area contributed by atoms with Gasteiger partial charge in [0.05, 0.1) is 54.1 Å². The van der Waals surface area contributed by atoms with Crippen LogP contribution in [0.2, 0.25) is 0 Å². The quantitative estimate of drug-likeness (QED) is 0.249. The number of benzene rings is 1. The number of hydrogen-bond acceptors (Lipinski definition) is 11. The Morgan fingerprint density at radius 2 is 1.90 bits per heavy atom. The molecule has 0 bridgehead atoms. The van der Waals surface area contributed by atoms with Crippen molar-refractivity contribution >= 4 is 52.5 Å². The smallest absolute Gasteiger partial charge is 0.272 e. The van der Waals surface area contributed by atoms with E-state index in [1.54, 1.807) is 18.2 Å². The molecule has 0 spiro atoms. The van der Waals surface area contributed by atoms with Crippen molar-refractivity contribution in [3.8, 4) is 17.2 Å². The SMILES string of the molecule is [B]C([B])([B])NC(=O)c1nnc(NC(=O)C2CC2)cc1Nc1cccc(-c2nc(CN3CC4CNCC4C3)no2)c1OC. The van der Waals surface area contributed by atoms with Crippen molar-refractivity contribution in [1.82, 2.24) is 35.9 Å². The molecule has 2 atom stereocenters. The number of fused-ring (bicyclic) bond motifs is 1. The largest absolute Gasteiger partial charge is 0.494 e. The number of carbonyl (C=O) groups is 2. The van der Waals surface area contributed by atoms with Gasteiger partial charge in [-0.3, -0.25) is 14.5 Å². The number of hydrogen-bond donors (Lipinski definition) is 4. The molecule has 2 unspecified atom stereocenters. The second-order valence-electron chi connectivity index (χ2n) is 11.0. The highest BCUT2D eigenvalue weighted by Crippen LogP contribution is 2.38. The van der Waals surface area contributed by atoms with Gasteiger partial charge in [0, 0.05) is 25.1 Å². The third-order valence-corrected chi connectivity index (χ3v) is 7.56. The number of anilines is 3. The zero-order chi connectivity index (χ0) is 29.4.